The van der Waals surface area contributed by atoms with Crippen LogP contribution in [0.5, 0.6) is 0 Å². The highest BCUT2D eigenvalue weighted by molar-refractivity contribution is 5.76. The molecule has 0 fully saturated rings. The summed E-state index contributed by atoms with van der Waals surface area (Å²) in [6, 6.07) is -0.763. The molecule has 0 rings (SSSR count). The Bertz CT molecular complexity index is 855. The molecule has 0 aromatic heterocycles. The van der Waals surface area contributed by atoms with Crippen molar-refractivity contribution in [2.45, 2.75) is 270 Å². The van der Waals surface area contributed by atoms with Crippen molar-refractivity contribution in [1.82, 2.24) is 5.32 Å². The van der Waals surface area contributed by atoms with Crippen LogP contribution in [0, 0.1) is 0 Å². The second kappa shape index (κ2) is 45.3. The molecule has 3 unspecified atom stereocenters. The van der Waals surface area contributed by atoms with Crippen LogP contribution in [0.15, 0.2) is 36.5 Å². The number of amides is 1. The van der Waals surface area contributed by atoms with Gasteiger partial charge < -0.3 is 20.6 Å². The molecule has 0 saturated carbocycles. The predicted molar refractivity (Wildman–Crippen MR) is 241 cm³/mol. The SMILES string of the molecule is CCCCCCCC/C=C\CCCCCCCC(O)CC(=O)NC(CO)C(O)/C=C/CC/C=C/CCCCCCCCCCCCCCCCCCCCC. The van der Waals surface area contributed by atoms with Crippen LogP contribution in [0.3, 0.4) is 0 Å². The van der Waals surface area contributed by atoms with Gasteiger partial charge in [-0.25, -0.2) is 0 Å². The van der Waals surface area contributed by atoms with Crippen LogP contribution in [0.25, 0.3) is 0 Å². The molecule has 0 aromatic rings. The average molecular weight is 774 g/mol. The lowest BCUT2D eigenvalue weighted by Crippen LogP contribution is -2.45. The van der Waals surface area contributed by atoms with Crippen molar-refractivity contribution in [2.75, 3.05) is 6.61 Å². The van der Waals surface area contributed by atoms with Gasteiger partial charge >= 0.3 is 0 Å². The number of rotatable bonds is 44. The first-order valence-corrected chi connectivity index (χ1v) is 24.3. The monoisotopic (exact) mass is 774 g/mol. The Morgan fingerprint density at radius 3 is 1.16 bits per heavy atom. The molecular formula is C50H95NO4. The van der Waals surface area contributed by atoms with Crippen LogP contribution in [-0.2, 0) is 4.79 Å². The van der Waals surface area contributed by atoms with Gasteiger partial charge in [0.05, 0.1) is 31.3 Å². The highest BCUT2D eigenvalue weighted by Crippen LogP contribution is 2.16. The van der Waals surface area contributed by atoms with Crippen LogP contribution in [-0.4, -0.2) is 46.1 Å². The van der Waals surface area contributed by atoms with E-state index in [9.17, 15) is 20.1 Å². The molecule has 0 bridgehead atoms. The molecular weight excluding hydrogens is 679 g/mol. The quantitative estimate of drug-likeness (QED) is 0.0367. The van der Waals surface area contributed by atoms with Crippen LogP contribution in [0.2, 0.25) is 0 Å². The molecule has 0 saturated heterocycles. The summed E-state index contributed by atoms with van der Waals surface area (Å²) in [7, 11) is 0. The Balaban J connectivity index is 3.66. The molecule has 1 amide bonds. The van der Waals surface area contributed by atoms with Gasteiger partial charge in [0.25, 0.3) is 0 Å². The Labute approximate surface area is 343 Å². The molecule has 0 aliphatic heterocycles. The zero-order valence-corrected chi connectivity index (χ0v) is 36.8. The average Bonchev–Trinajstić information content (AvgIpc) is 3.18. The summed E-state index contributed by atoms with van der Waals surface area (Å²) in [5.74, 6) is -0.329. The molecule has 5 heteroatoms. The predicted octanol–water partition coefficient (Wildman–Crippen LogP) is 14.3. The van der Waals surface area contributed by atoms with Gasteiger partial charge in [0.2, 0.25) is 5.91 Å². The summed E-state index contributed by atoms with van der Waals surface area (Å²) < 4.78 is 0. The number of hydrogen-bond acceptors (Lipinski definition) is 4. The number of hydrogen-bond donors (Lipinski definition) is 4. The van der Waals surface area contributed by atoms with Crippen molar-refractivity contribution in [2.24, 2.45) is 0 Å². The zero-order chi connectivity index (χ0) is 40.1. The van der Waals surface area contributed by atoms with Crippen LogP contribution in [0.1, 0.15) is 251 Å². The largest absolute Gasteiger partial charge is 0.394 e. The Morgan fingerprint density at radius 2 is 0.782 bits per heavy atom. The van der Waals surface area contributed by atoms with E-state index < -0.39 is 18.2 Å². The molecule has 4 N–H and O–H groups in total. The normalized spacial score (nSPS) is 13.8. The first-order valence-electron chi connectivity index (χ1n) is 24.3. The number of carbonyl (C=O) groups is 1. The number of unbranched alkanes of at least 4 members (excludes halogenated alkanes) is 31. The summed E-state index contributed by atoms with van der Waals surface area (Å²) in [4.78, 5) is 12.4. The summed E-state index contributed by atoms with van der Waals surface area (Å²) in [5, 5.41) is 33.3. The lowest BCUT2D eigenvalue weighted by molar-refractivity contribution is -0.124. The van der Waals surface area contributed by atoms with Crippen molar-refractivity contribution < 1.29 is 20.1 Å². The van der Waals surface area contributed by atoms with E-state index in [1.165, 1.54) is 180 Å². The van der Waals surface area contributed by atoms with E-state index in [4.69, 9.17) is 0 Å². The van der Waals surface area contributed by atoms with Gasteiger partial charge in [-0.15, -0.1) is 0 Å². The third kappa shape index (κ3) is 42.0. The fraction of sp³-hybridized carbons (Fsp3) is 0.860. The minimum atomic E-state index is -0.954. The maximum atomic E-state index is 12.4. The van der Waals surface area contributed by atoms with E-state index in [2.05, 4.69) is 43.5 Å². The summed E-state index contributed by atoms with van der Waals surface area (Å²) in [6.45, 7) is 4.21. The van der Waals surface area contributed by atoms with Gasteiger partial charge in [0.15, 0.2) is 0 Å². The molecule has 324 valence electrons. The second-order valence-electron chi connectivity index (χ2n) is 16.7. The zero-order valence-electron chi connectivity index (χ0n) is 36.8. The topological polar surface area (TPSA) is 89.8 Å². The van der Waals surface area contributed by atoms with E-state index in [1.807, 2.05) is 6.08 Å². The van der Waals surface area contributed by atoms with Gasteiger partial charge in [0, 0.05) is 0 Å². The van der Waals surface area contributed by atoms with Crippen LogP contribution in [0.4, 0.5) is 0 Å². The molecule has 0 aliphatic carbocycles. The van der Waals surface area contributed by atoms with E-state index >= 15 is 0 Å². The van der Waals surface area contributed by atoms with Crippen molar-refractivity contribution in [3.8, 4) is 0 Å². The minimum absolute atomic E-state index is 0.000630. The van der Waals surface area contributed by atoms with Crippen molar-refractivity contribution >= 4 is 5.91 Å². The number of aliphatic hydroxyl groups excluding tert-OH is 3. The van der Waals surface area contributed by atoms with Crippen LogP contribution >= 0.6 is 0 Å². The summed E-state index contributed by atoms with van der Waals surface area (Å²) in [5.41, 5.74) is 0. The third-order valence-electron chi connectivity index (χ3n) is 11.1. The maximum Gasteiger partial charge on any atom is 0.222 e. The number of aliphatic hydroxyl groups is 3. The highest BCUT2D eigenvalue weighted by atomic mass is 16.3. The molecule has 0 aromatic carbocycles. The van der Waals surface area contributed by atoms with Crippen molar-refractivity contribution in [1.29, 1.82) is 0 Å². The molecule has 5 nitrogen and oxygen atoms in total. The molecule has 0 radical (unpaired) electrons. The standard InChI is InChI=1S/C50H95NO4/c1-3-5-7-9-11-13-15-17-19-20-21-22-23-24-25-26-27-28-30-32-34-36-38-40-42-44-49(54)48(46-52)51-50(55)45-47(53)43-41-39-37-35-33-31-29-18-16-14-12-10-8-6-4-2/h18,29,34,36,42,44,47-49,52-54H,3-17,19-28,30-33,35,37-41,43,45-46H2,1-2H3,(H,51,55)/b29-18-,36-34+,44-42+. The van der Waals surface area contributed by atoms with E-state index in [0.29, 0.717) is 6.42 Å². The van der Waals surface area contributed by atoms with Crippen molar-refractivity contribution in [3.63, 3.8) is 0 Å². The smallest absolute Gasteiger partial charge is 0.222 e. The van der Waals surface area contributed by atoms with Crippen molar-refractivity contribution in [3.05, 3.63) is 36.5 Å². The van der Waals surface area contributed by atoms with E-state index in [0.717, 1.165) is 44.9 Å². The van der Waals surface area contributed by atoms with Gasteiger partial charge in [-0.1, -0.05) is 224 Å². The van der Waals surface area contributed by atoms with Gasteiger partial charge in [-0.05, 0) is 57.8 Å². The highest BCUT2D eigenvalue weighted by Gasteiger charge is 2.20. The second-order valence-corrected chi connectivity index (χ2v) is 16.7. The summed E-state index contributed by atoms with van der Waals surface area (Å²) in [6.07, 6.45) is 57.4. The maximum absolute atomic E-state index is 12.4. The Morgan fingerprint density at radius 1 is 0.455 bits per heavy atom. The van der Waals surface area contributed by atoms with E-state index in [-0.39, 0.29) is 18.9 Å². The Kier molecular flexibility index (Phi) is 44.1. The van der Waals surface area contributed by atoms with Gasteiger partial charge in [0.1, 0.15) is 0 Å². The third-order valence-corrected chi connectivity index (χ3v) is 11.1. The first-order chi connectivity index (χ1) is 27.0. The lowest BCUT2D eigenvalue weighted by atomic mass is 10.0. The summed E-state index contributed by atoms with van der Waals surface area (Å²) >= 11 is 0. The molecule has 0 aliphatic rings. The fourth-order valence-electron chi connectivity index (χ4n) is 7.41. The molecule has 3 atom stereocenters. The van der Waals surface area contributed by atoms with Crippen LogP contribution < -0.4 is 5.32 Å². The van der Waals surface area contributed by atoms with Gasteiger partial charge in [-0.3, -0.25) is 4.79 Å². The van der Waals surface area contributed by atoms with Gasteiger partial charge in [-0.2, -0.15) is 0 Å². The molecule has 0 spiro atoms. The first kappa shape index (κ1) is 53.6. The number of carbonyl (C=O) groups excluding carboxylic acids is 1. The molecule has 0 heterocycles. The Hall–Kier alpha value is -1.43. The number of allylic oxidation sites excluding steroid dienone is 5. The molecule has 55 heavy (non-hydrogen) atoms. The number of nitrogens with one attached hydrogen (secondary N) is 1. The fourth-order valence-corrected chi connectivity index (χ4v) is 7.41. The van der Waals surface area contributed by atoms with E-state index in [1.54, 1.807) is 6.08 Å². The lowest BCUT2D eigenvalue weighted by Gasteiger charge is -2.20. The minimum Gasteiger partial charge on any atom is -0.394 e.